The van der Waals surface area contributed by atoms with Crippen molar-refractivity contribution in [2.24, 2.45) is 11.7 Å². The van der Waals surface area contributed by atoms with Crippen LogP contribution in [0.5, 0.6) is 0 Å². The van der Waals surface area contributed by atoms with Crippen LogP contribution in [0.25, 0.3) is 0 Å². The van der Waals surface area contributed by atoms with Gasteiger partial charge < -0.3 is 15.6 Å². The van der Waals surface area contributed by atoms with Crippen molar-refractivity contribution in [2.75, 3.05) is 24.5 Å². The highest BCUT2D eigenvalue weighted by Gasteiger charge is 2.20. The monoisotopic (exact) mass is 194 g/mol. The summed E-state index contributed by atoms with van der Waals surface area (Å²) in [6.45, 7) is 3.02. The summed E-state index contributed by atoms with van der Waals surface area (Å²) < 4.78 is 0. The highest BCUT2D eigenvalue weighted by Crippen LogP contribution is 2.21. The highest BCUT2D eigenvalue weighted by molar-refractivity contribution is 5.29. The van der Waals surface area contributed by atoms with Gasteiger partial charge in [-0.25, -0.2) is 4.98 Å². The Kier molecular flexibility index (Phi) is 3.03. The standard InChI is InChI=1S/C10H18N4/c11-4-3-9-2-1-7-14(8-9)10-12-5-6-13-10/h5-6,9H,1-4,7-8,11H2,(H,12,13). The van der Waals surface area contributed by atoms with Crippen molar-refractivity contribution in [1.29, 1.82) is 0 Å². The Bertz CT molecular complexity index is 255. The number of imidazole rings is 1. The molecule has 1 saturated heterocycles. The van der Waals surface area contributed by atoms with Crippen molar-refractivity contribution in [3.63, 3.8) is 0 Å². The van der Waals surface area contributed by atoms with Crippen molar-refractivity contribution in [2.45, 2.75) is 19.3 Å². The van der Waals surface area contributed by atoms with Crippen molar-refractivity contribution >= 4 is 5.95 Å². The number of aromatic nitrogens is 2. The number of H-pyrrole nitrogens is 1. The summed E-state index contributed by atoms with van der Waals surface area (Å²) in [6.07, 6.45) is 7.39. The van der Waals surface area contributed by atoms with Crippen molar-refractivity contribution in [3.8, 4) is 0 Å². The molecule has 1 aliphatic heterocycles. The lowest BCUT2D eigenvalue weighted by Crippen LogP contribution is -2.36. The Hall–Kier alpha value is -1.03. The molecule has 1 atom stereocenters. The molecule has 0 aliphatic carbocycles. The fraction of sp³-hybridized carbons (Fsp3) is 0.700. The number of hydrogen-bond donors (Lipinski definition) is 2. The minimum absolute atomic E-state index is 0.749. The van der Waals surface area contributed by atoms with Crippen LogP contribution in [-0.4, -0.2) is 29.6 Å². The second kappa shape index (κ2) is 4.46. The number of anilines is 1. The summed E-state index contributed by atoms with van der Waals surface area (Å²) in [4.78, 5) is 9.75. The third-order valence-corrected chi connectivity index (χ3v) is 2.88. The van der Waals surface area contributed by atoms with Crippen LogP contribution >= 0.6 is 0 Å². The maximum Gasteiger partial charge on any atom is 0.202 e. The van der Waals surface area contributed by atoms with Crippen LogP contribution in [0.4, 0.5) is 5.95 Å². The summed E-state index contributed by atoms with van der Waals surface area (Å²) in [5.41, 5.74) is 5.58. The van der Waals surface area contributed by atoms with E-state index in [9.17, 15) is 0 Å². The molecule has 2 heterocycles. The van der Waals surface area contributed by atoms with Crippen molar-refractivity contribution < 1.29 is 0 Å². The van der Waals surface area contributed by atoms with Crippen LogP contribution in [0.1, 0.15) is 19.3 Å². The van der Waals surface area contributed by atoms with Gasteiger partial charge in [0, 0.05) is 25.5 Å². The molecule has 14 heavy (non-hydrogen) atoms. The molecule has 0 radical (unpaired) electrons. The number of nitrogens with one attached hydrogen (secondary N) is 1. The van der Waals surface area contributed by atoms with E-state index >= 15 is 0 Å². The first-order valence-electron chi connectivity index (χ1n) is 5.34. The maximum absolute atomic E-state index is 5.58. The van der Waals surface area contributed by atoms with E-state index in [0.717, 1.165) is 37.9 Å². The SMILES string of the molecule is NCCC1CCCN(c2ncc[nH]2)C1. The first-order valence-corrected chi connectivity index (χ1v) is 5.34. The van der Waals surface area contributed by atoms with Crippen LogP contribution in [-0.2, 0) is 0 Å². The van der Waals surface area contributed by atoms with Gasteiger partial charge in [0.2, 0.25) is 5.95 Å². The van der Waals surface area contributed by atoms with Crippen LogP contribution < -0.4 is 10.6 Å². The molecule has 1 fully saturated rings. The van der Waals surface area contributed by atoms with Gasteiger partial charge in [-0.2, -0.15) is 0 Å². The lowest BCUT2D eigenvalue weighted by molar-refractivity contribution is 0.393. The summed E-state index contributed by atoms with van der Waals surface area (Å²) in [5.74, 6) is 1.76. The van der Waals surface area contributed by atoms with Crippen molar-refractivity contribution in [3.05, 3.63) is 12.4 Å². The molecule has 0 aromatic carbocycles. The lowest BCUT2D eigenvalue weighted by atomic mass is 9.95. The van der Waals surface area contributed by atoms with Gasteiger partial charge in [0.15, 0.2) is 0 Å². The molecule has 4 heteroatoms. The number of aromatic amines is 1. The molecule has 0 bridgehead atoms. The molecule has 1 aromatic heterocycles. The third kappa shape index (κ3) is 2.07. The quantitative estimate of drug-likeness (QED) is 0.754. The van der Waals surface area contributed by atoms with Gasteiger partial charge in [-0.1, -0.05) is 0 Å². The predicted octanol–water partition coefficient (Wildman–Crippen LogP) is 0.975. The van der Waals surface area contributed by atoms with E-state index in [1.54, 1.807) is 0 Å². The zero-order chi connectivity index (χ0) is 9.80. The summed E-state index contributed by atoms with van der Waals surface area (Å²) in [7, 11) is 0. The maximum atomic E-state index is 5.58. The summed E-state index contributed by atoms with van der Waals surface area (Å²) in [5, 5.41) is 0. The summed E-state index contributed by atoms with van der Waals surface area (Å²) in [6, 6.07) is 0. The lowest BCUT2D eigenvalue weighted by Gasteiger charge is -2.32. The van der Waals surface area contributed by atoms with E-state index in [1.165, 1.54) is 12.8 Å². The number of nitrogens with two attached hydrogens (primary N) is 1. The smallest absolute Gasteiger partial charge is 0.202 e. The van der Waals surface area contributed by atoms with Crippen molar-refractivity contribution in [1.82, 2.24) is 9.97 Å². The fourth-order valence-corrected chi connectivity index (χ4v) is 2.16. The molecule has 78 valence electrons. The van der Waals surface area contributed by atoms with E-state index in [-0.39, 0.29) is 0 Å². The zero-order valence-electron chi connectivity index (χ0n) is 8.45. The van der Waals surface area contributed by atoms with E-state index in [2.05, 4.69) is 14.9 Å². The van der Waals surface area contributed by atoms with Crippen LogP contribution in [0.15, 0.2) is 12.4 Å². The number of rotatable bonds is 3. The molecule has 3 N–H and O–H groups in total. The van der Waals surface area contributed by atoms with Gasteiger partial charge in [-0.15, -0.1) is 0 Å². The van der Waals surface area contributed by atoms with Gasteiger partial charge in [0.05, 0.1) is 0 Å². The summed E-state index contributed by atoms with van der Waals surface area (Å²) >= 11 is 0. The van der Waals surface area contributed by atoms with Gasteiger partial charge in [-0.3, -0.25) is 0 Å². The predicted molar refractivity (Wildman–Crippen MR) is 57.2 cm³/mol. The molecule has 1 aliphatic rings. The largest absolute Gasteiger partial charge is 0.342 e. The molecule has 1 aromatic rings. The second-order valence-electron chi connectivity index (χ2n) is 3.94. The Morgan fingerprint density at radius 2 is 2.57 bits per heavy atom. The normalized spacial score (nSPS) is 22.6. The van der Waals surface area contributed by atoms with Crippen LogP contribution in [0.3, 0.4) is 0 Å². The Balaban J connectivity index is 1.94. The van der Waals surface area contributed by atoms with E-state index in [0.29, 0.717) is 0 Å². The van der Waals surface area contributed by atoms with Crippen LogP contribution in [0.2, 0.25) is 0 Å². The Morgan fingerprint density at radius 3 is 3.29 bits per heavy atom. The zero-order valence-corrected chi connectivity index (χ0v) is 8.45. The Labute approximate surface area is 84.5 Å². The topological polar surface area (TPSA) is 57.9 Å². The number of hydrogen-bond acceptors (Lipinski definition) is 3. The average Bonchev–Trinajstić information content (AvgIpc) is 2.71. The second-order valence-corrected chi connectivity index (χ2v) is 3.94. The fourth-order valence-electron chi connectivity index (χ4n) is 2.16. The minimum atomic E-state index is 0.749. The highest BCUT2D eigenvalue weighted by atomic mass is 15.3. The van der Waals surface area contributed by atoms with E-state index in [1.807, 2.05) is 12.4 Å². The molecule has 0 amide bonds. The van der Waals surface area contributed by atoms with Gasteiger partial charge in [-0.05, 0) is 31.7 Å². The van der Waals surface area contributed by atoms with Gasteiger partial charge in [0.25, 0.3) is 0 Å². The first-order chi connectivity index (χ1) is 6.90. The first kappa shape index (κ1) is 9.52. The number of nitrogens with zero attached hydrogens (tertiary/aromatic N) is 2. The van der Waals surface area contributed by atoms with Gasteiger partial charge in [0.1, 0.15) is 0 Å². The average molecular weight is 194 g/mol. The molecule has 0 saturated carbocycles. The molecular formula is C10H18N4. The van der Waals surface area contributed by atoms with Gasteiger partial charge >= 0.3 is 0 Å². The molecular weight excluding hydrogens is 176 g/mol. The third-order valence-electron chi connectivity index (χ3n) is 2.88. The molecule has 2 rings (SSSR count). The van der Waals surface area contributed by atoms with E-state index < -0.39 is 0 Å². The van der Waals surface area contributed by atoms with Crippen LogP contribution in [0, 0.1) is 5.92 Å². The molecule has 4 nitrogen and oxygen atoms in total. The number of piperidine rings is 1. The molecule has 0 spiro atoms. The van der Waals surface area contributed by atoms with E-state index in [4.69, 9.17) is 5.73 Å². The molecule has 1 unspecified atom stereocenters. The Morgan fingerprint density at radius 1 is 1.64 bits per heavy atom. The minimum Gasteiger partial charge on any atom is -0.342 e.